The van der Waals surface area contributed by atoms with Gasteiger partial charge in [-0.15, -0.1) is 0 Å². The lowest BCUT2D eigenvalue weighted by Gasteiger charge is -2.38. The first-order chi connectivity index (χ1) is 17.6. The molecule has 2 heterocycles. The lowest BCUT2D eigenvalue weighted by atomic mass is 9.88. The summed E-state index contributed by atoms with van der Waals surface area (Å²) in [6.45, 7) is 4.70. The van der Waals surface area contributed by atoms with Gasteiger partial charge in [0.25, 0.3) is 0 Å². The van der Waals surface area contributed by atoms with Gasteiger partial charge in [0.15, 0.2) is 5.92 Å². The first-order valence-electron chi connectivity index (χ1n) is 12.3. The summed E-state index contributed by atoms with van der Waals surface area (Å²) in [7, 11) is 0. The number of amides is 1. The van der Waals surface area contributed by atoms with E-state index >= 15 is 0 Å². The fourth-order valence-electron chi connectivity index (χ4n) is 4.93. The largest absolute Gasteiger partial charge is 0.494 e. The molecular weight excluding hydrogens is 454 g/mol. The zero-order chi connectivity index (χ0) is 25.1. The fraction of sp³-hybridized carbons (Fsp3) is 0.276. The van der Waals surface area contributed by atoms with Gasteiger partial charge >= 0.3 is 5.97 Å². The molecule has 0 aliphatic carbocycles. The molecule has 0 bridgehead atoms. The number of ether oxygens (including phenoxy) is 2. The third kappa shape index (κ3) is 4.21. The molecule has 0 spiro atoms. The fourth-order valence-corrected chi connectivity index (χ4v) is 4.93. The molecule has 1 aliphatic heterocycles. The second-order valence-corrected chi connectivity index (χ2v) is 8.64. The third-order valence-electron chi connectivity index (χ3n) is 6.49. The monoisotopic (exact) mass is 483 g/mol. The van der Waals surface area contributed by atoms with E-state index in [1.54, 1.807) is 11.8 Å². The van der Waals surface area contributed by atoms with Crippen molar-refractivity contribution in [3.05, 3.63) is 90.0 Å². The van der Waals surface area contributed by atoms with E-state index in [4.69, 9.17) is 14.5 Å². The van der Waals surface area contributed by atoms with Crippen LogP contribution in [0.3, 0.4) is 0 Å². The Morgan fingerprint density at radius 3 is 2.42 bits per heavy atom. The molecule has 7 nitrogen and oxygen atoms in total. The molecule has 184 valence electrons. The van der Waals surface area contributed by atoms with Gasteiger partial charge in [-0.05, 0) is 44.0 Å². The van der Waals surface area contributed by atoms with Crippen molar-refractivity contribution in [1.29, 1.82) is 0 Å². The van der Waals surface area contributed by atoms with Crippen molar-refractivity contribution in [3.63, 3.8) is 0 Å². The molecule has 4 aromatic rings. The van der Waals surface area contributed by atoms with Crippen LogP contribution in [-0.4, -0.2) is 41.2 Å². The van der Waals surface area contributed by atoms with Crippen LogP contribution in [0.1, 0.15) is 31.0 Å². The number of esters is 1. The Morgan fingerprint density at radius 1 is 0.917 bits per heavy atom. The number of benzene rings is 3. The van der Waals surface area contributed by atoms with Crippen molar-refractivity contribution in [2.24, 2.45) is 5.92 Å². The number of hydrogen-bond donors (Lipinski definition) is 0. The first-order valence-corrected chi connectivity index (χ1v) is 12.3. The van der Waals surface area contributed by atoms with E-state index < -0.39 is 17.9 Å². The molecule has 36 heavy (non-hydrogen) atoms. The number of rotatable bonds is 8. The van der Waals surface area contributed by atoms with Gasteiger partial charge in [-0.1, -0.05) is 60.7 Å². The predicted molar refractivity (Wildman–Crippen MR) is 138 cm³/mol. The number of para-hydroxylation sites is 3. The van der Waals surface area contributed by atoms with E-state index in [9.17, 15) is 9.59 Å². The number of carbonyl (C=O) groups is 2. The van der Waals surface area contributed by atoms with Crippen LogP contribution in [0.25, 0.3) is 11.0 Å². The van der Waals surface area contributed by atoms with Crippen LogP contribution in [0.5, 0.6) is 5.75 Å². The zero-order valence-corrected chi connectivity index (χ0v) is 20.5. The Bertz CT molecular complexity index is 1380. The molecular formula is C29H29N3O4. The summed E-state index contributed by atoms with van der Waals surface area (Å²) in [5.74, 6) is -0.787. The molecule has 5 rings (SSSR count). The molecule has 7 heteroatoms. The van der Waals surface area contributed by atoms with Crippen molar-refractivity contribution in [1.82, 2.24) is 9.55 Å². The molecule has 0 fully saturated rings. The minimum absolute atomic E-state index is 0.185. The number of nitrogens with zero attached hydrogens (tertiary/aromatic N) is 3. The van der Waals surface area contributed by atoms with E-state index in [2.05, 4.69) is 0 Å². The van der Waals surface area contributed by atoms with Gasteiger partial charge in [-0.2, -0.15) is 0 Å². The number of carbonyl (C=O) groups excluding carboxylic acids is 2. The summed E-state index contributed by atoms with van der Waals surface area (Å²) in [6, 6.07) is 24.6. The number of fused-ring (bicyclic) bond motifs is 3. The average Bonchev–Trinajstić information content (AvgIpc) is 3.28. The smallest absolute Gasteiger partial charge is 0.321 e. The molecule has 2 atom stereocenters. The van der Waals surface area contributed by atoms with E-state index in [-0.39, 0.29) is 12.5 Å². The van der Waals surface area contributed by atoms with Crippen LogP contribution in [0, 0.1) is 5.92 Å². The first kappa shape index (κ1) is 23.6. The molecule has 0 unspecified atom stereocenters. The van der Waals surface area contributed by atoms with Crippen molar-refractivity contribution < 1.29 is 19.1 Å². The molecule has 0 radical (unpaired) electrons. The lowest BCUT2D eigenvalue weighted by molar-refractivity contribution is -0.153. The highest BCUT2D eigenvalue weighted by Crippen LogP contribution is 2.43. The van der Waals surface area contributed by atoms with Crippen LogP contribution >= 0.6 is 0 Å². The highest BCUT2D eigenvalue weighted by Gasteiger charge is 2.48. The highest BCUT2D eigenvalue weighted by molar-refractivity contribution is 6.08. The maximum atomic E-state index is 14.1. The number of aromatic nitrogens is 2. The maximum absolute atomic E-state index is 14.1. The van der Waals surface area contributed by atoms with E-state index in [1.807, 2.05) is 90.4 Å². The van der Waals surface area contributed by atoms with Crippen molar-refractivity contribution >= 4 is 28.9 Å². The average molecular weight is 484 g/mol. The summed E-state index contributed by atoms with van der Waals surface area (Å²) in [4.78, 5) is 34.0. The third-order valence-corrected chi connectivity index (χ3v) is 6.49. The van der Waals surface area contributed by atoms with Crippen molar-refractivity contribution in [3.8, 4) is 5.75 Å². The highest BCUT2D eigenvalue weighted by atomic mass is 16.5. The molecule has 3 aromatic carbocycles. The van der Waals surface area contributed by atoms with Gasteiger partial charge in [0, 0.05) is 12.1 Å². The standard InChI is InChI=1S/C29H29N3O4/c1-3-35-24-17-11-8-14-21(24)26-25(28(34)36-4-2)27(33)31(19-18-20-12-6-5-7-13-20)29-30-22-15-9-10-16-23(22)32(26)29/h5-17,25-26H,3-4,18-19H2,1-2H3/t25-,26+/m0/s1. The maximum Gasteiger partial charge on any atom is 0.321 e. The van der Waals surface area contributed by atoms with Crippen LogP contribution in [-0.2, 0) is 20.7 Å². The number of imidazole rings is 1. The van der Waals surface area contributed by atoms with Gasteiger partial charge in [0.1, 0.15) is 5.75 Å². The Labute approximate surface area is 210 Å². The van der Waals surface area contributed by atoms with E-state index in [1.165, 1.54) is 0 Å². The molecule has 1 aliphatic rings. The van der Waals surface area contributed by atoms with Crippen LogP contribution in [0.4, 0.5) is 5.95 Å². The Hall–Kier alpha value is -4.13. The van der Waals surface area contributed by atoms with E-state index in [0.717, 1.165) is 22.2 Å². The Balaban J connectivity index is 1.70. The summed E-state index contributed by atoms with van der Waals surface area (Å²) in [5, 5.41) is 0. The molecule has 0 N–H and O–H groups in total. The van der Waals surface area contributed by atoms with Gasteiger partial charge in [-0.3, -0.25) is 14.5 Å². The van der Waals surface area contributed by atoms with E-state index in [0.29, 0.717) is 31.3 Å². The second kappa shape index (κ2) is 10.2. The normalized spacial score (nSPS) is 17.2. The Kier molecular flexibility index (Phi) is 6.71. The summed E-state index contributed by atoms with van der Waals surface area (Å²) >= 11 is 0. The van der Waals surface area contributed by atoms with Gasteiger partial charge in [0.2, 0.25) is 11.9 Å². The topological polar surface area (TPSA) is 73.7 Å². The Morgan fingerprint density at radius 2 is 1.64 bits per heavy atom. The minimum atomic E-state index is -1.08. The molecule has 1 aromatic heterocycles. The zero-order valence-electron chi connectivity index (χ0n) is 20.5. The summed E-state index contributed by atoms with van der Waals surface area (Å²) in [5.41, 5.74) is 3.45. The lowest BCUT2D eigenvalue weighted by Crippen LogP contribution is -2.50. The summed E-state index contributed by atoms with van der Waals surface area (Å²) < 4.78 is 13.4. The van der Waals surface area contributed by atoms with Crippen LogP contribution < -0.4 is 9.64 Å². The summed E-state index contributed by atoms with van der Waals surface area (Å²) in [6.07, 6.45) is 0.630. The van der Waals surface area contributed by atoms with Gasteiger partial charge in [-0.25, -0.2) is 4.98 Å². The predicted octanol–water partition coefficient (Wildman–Crippen LogP) is 4.79. The van der Waals surface area contributed by atoms with Gasteiger partial charge < -0.3 is 14.0 Å². The van der Waals surface area contributed by atoms with Gasteiger partial charge in [0.05, 0.1) is 30.3 Å². The SMILES string of the molecule is CCOC(=O)[C@@H]1C(=O)N(CCc2ccccc2)c2nc3ccccc3n2[C@@H]1c1ccccc1OCC. The van der Waals surface area contributed by atoms with Crippen LogP contribution in [0.15, 0.2) is 78.9 Å². The molecule has 1 amide bonds. The molecule has 0 saturated carbocycles. The minimum Gasteiger partial charge on any atom is -0.494 e. The molecule has 0 saturated heterocycles. The van der Waals surface area contributed by atoms with Crippen LogP contribution in [0.2, 0.25) is 0 Å². The van der Waals surface area contributed by atoms with Crippen molar-refractivity contribution in [2.45, 2.75) is 26.3 Å². The number of anilines is 1. The second-order valence-electron chi connectivity index (χ2n) is 8.64. The number of hydrogen-bond acceptors (Lipinski definition) is 5. The van der Waals surface area contributed by atoms with Crippen molar-refractivity contribution in [2.75, 3.05) is 24.7 Å². The quantitative estimate of drug-likeness (QED) is 0.266.